The molecule has 2 rings (SSSR count). The van der Waals surface area contributed by atoms with Gasteiger partial charge in [-0.15, -0.1) is 0 Å². The molecule has 0 aromatic heterocycles. The fourth-order valence-corrected chi connectivity index (χ4v) is 2.54. The standard InChI is InChI=1S/C13H16ClNO2/c1-8(2)15-7-10-5-11(14)4-3-9(10)6-12(15)13(16)17/h3-5,8,12H,6-7H2,1-2H3,(H,16,17). The molecule has 1 unspecified atom stereocenters. The molecule has 0 saturated carbocycles. The lowest BCUT2D eigenvalue weighted by Gasteiger charge is -2.37. The third kappa shape index (κ3) is 2.45. The molecule has 0 saturated heterocycles. The fourth-order valence-electron chi connectivity index (χ4n) is 2.34. The number of hydrogen-bond donors (Lipinski definition) is 1. The van der Waals surface area contributed by atoms with Crippen LogP contribution in [-0.4, -0.2) is 28.1 Å². The summed E-state index contributed by atoms with van der Waals surface area (Å²) in [6, 6.07) is 5.48. The summed E-state index contributed by atoms with van der Waals surface area (Å²) in [5.74, 6) is -0.751. The molecule has 0 aliphatic carbocycles. The Labute approximate surface area is 106 Å². The van der Waals surface area contributed by atoms with E-state index >= 15 is 0 Å². The van der Waals surface area contributed by atoms with Crippen molar-refractivity contribution in [2.45, 2.75) is 38.9 Å². The maximum Gasteiger partial charge on any atom is 0.321 e. The zero-order valence-corrected chi connectivity index (χ0v) is 10.7. The number of carboxylic acid groups (broad SMARTS) is 1. The minimum absolute atomic E-state index is 0.211. The highest BCUT2D eigenvalue weighted by molar-refractivity contribution is 6.30. The largest absolute Gasteiger partial charge is 0.480 e. The van der Waals surface area contributed by atoms with E-state index in [9.17, 15) is 9.90 Å². The molecule has 1 N–H and O–H groups in total. The van der Waals surface area contributed by atoms with Gasteiger partial charge in [0.1, 0.15) is 6.04 Å². The van der Waals surface area contributed by atoms with E-state index in [-0.39, 0.29) is 6.04 Å². The Bertz CT molecular complexity index is 445. The van der Waals surface area contributed by atoms with Gasteiger partial charge in [-0.25, -0.2) is 0 Å². The number of nitrogens with zero attached hydrogens (tertiary/aromatic N) is 1. The quantitative estimate of drug-likeness (QED) is 0.881. The van der Waals surface area contributed by atoms with Crippen molar-refractivity contribution in [3.8, 4) is 0 Å². The lowest BCUT2D eigenvalue weighted by Crippen LogP contribution is -2.48. The van der Waals surface area contributed by atoms with E-state index in [1.807, 2.05) is 36.9 Å². The molecule has 4 heteroatoms. The Morgan fingerprint density at radius 2 is 2.18 bits per heavy atom. The second-order valence-corrected chi connectivity index (χ2v) is 5.17. The molecule has 1 atom stereocenters. The summed E-state index contributed by atoms with van der Waals surface area (Å²) in [7, 11) is 0. The van der Waals surface area contributed by atoms with Crippen LogP contribution < -0.4 is 0 Å². The van der Waals surface area contributed by atoms with Crippen molar-refractivity contribution in [1.82, 2.24) is 4.90 Å². The molecule has 0 bridgehead atoms. The van der Waals surface area contributed by atoms with Crippen LogP contribution in [-0.2, 0) is 17.8 Å². The third-order valence-electron chi connectivity index (χ3n) is 3.28. The first-order valence-electron chi connectivity index (χ1n) is 5.75. The van der Waals surface area contributed by atoms with Crippen LogP contribution in [0.5, 0.6) is 0 Å². The van der Waals surface area contributed by atoms with Gasteiger partial charge in [0.2, 0.25) is 0 Å². The molecule has 3 nitrogen and oxygen atoms in total. The Kier molecular flexibility index (Phi) is 3.40. The van der Waals surface area contributed by atoms with Crippen LogP contribution in [0, 0.1) is 0 Å². The van der Waals surface area contributed by atoms with Gasteiger partial charge in [-0.3, -0.25) is 9.69 Å². The molecular formula is C13H16ClNO2. The maximum atomic E-state index is 11.3. The van der Waals surface area contributed by atoms with Crippen molar-refractivity contribution in [1.29, 1.82) is 0 Å². The fraction of sp³-hybridized carbons (Fsp3) is 0.462. The summed E-state index contributed by atoms with van der Waals surface area (Å²) in [5, 5.41) is 9.98. The van der Waals surface area contributed by atoms with Crippen molar-refractivity contribution in [2.75, 3.05) is 0 Å². The first-order valence-corrected chi connectivity index (χ1v) is 6.12. The molecule has 0 fully saturated rings. The normalized spacial score (nSPS) is 20.4. The number of carbonyl (C=O) groups is 1. The smallest absolute Gasteiger partial charge is 0.321 e. The van der Waals surface area contributed by atoms with E-state index in [0.717, 1.165) is 11.1 Å². The molecule has 1 aliphatic rings. The van der Waals surface area contributed by atoms with E-state index < -0.39 is 12.0 Å². The lowest BCUT2D eigenvalue weighted by atomic mass is 9.93. The van der Waals surface area contributed by atoms with Crippen molar-refractivity contribution in [2.24, 2.45) is 0 Å². The zero-order valence-electron chi connectivity index (χ0n) is 9.98. The van der Waals surface area contributed by atoms with E-state index in [4.69, 9.17) is 11.6 Å². The van der Waals surface area contributed by atoms with E-state index in [1.54, 1.807) is 0 Å². The summed E-state index contributed by atoms with van der Waals surface area (Å²) >= 11 is 5.97. The van der Waals surface area contributed by atoms with Gasteiger partial charge in [-0.05, 0) is 43.5 Å². The number of benzene rings is 1. The SMILES string of the molecule is CC(C)N1Cc2cc(Cl)ccc2CC1C(=O)O. The molecule has 1 aromatic rings. The topological polar surface area (TPSA) is 40.5 Å². The molecule has 0 spiro atoms. The second kappa shape index (κ2) is 4.67. The summed E-state index contributed by atoms with van der Waals surface area (Å²) in [4.78, 5) is 13.3. The van der Waals surface area contributed by atoms with Gasteiger partial charge >= 0.3 is 5.97 Å². The number of rotatable bonds is 2. The lowest BCUT2D eigenvalue weighted by molar-refractivity contribution is -0.144. The molecule has 1 aliphatic heterocycles. The van der Waals surface area contributed by atoms with Crippen LogP contribution in [0.1, 0.15) is 25.0 Å². The van der Waals surface area contributed by atoms with Gasteiger partial charge in [0.15, 0.2) is 0 Å². The number of halogens is 1. The van der Waals surface area contributed by atoms with Gasteiger partial charge < -0.3 is 5.11 Å². The minimum atomic E-state index is -0.751. The van der Waals surface area contributed by atoms with Crippen molar-refractivity contribution in [3.63, 3.8) is 0 Å². The minimum Gasteiger partial charge on any atom is -0.480 e. The summed E-state index contributed by atoms with van der Waals surface area (Å²) in [5.41, 5.74) is 2.24. The van der Waals surface area contributed by atoms with Crippen LogP contribution >= 0.6 is 11.6 Å². The maximum absolute atomic E-state index is 11.3. The van der Waals surface area contributed by atoms with Crippen LogP contribution in [0.3, 0.4) is 0 Å². The Balaban J connectivity index is 2.36. The van der Waals surface area contributed by atoms with Gasteiger partial charge in [-0.2, -0.15) is 0 Å². The zero-order chi connectivity index (χ0) is 12.6. The van der Waals surface area contributed by atoms with Crippen LogP contribution in [0.15, 0.2) is 18.2 Å². The van der Waals surface area contributed by atoms with Gasteiger partial charge in [0, 0.05) is 17.6 Å². The van der Waals surface area contributed by atoms with E-state index in [2.05, 4.69) is 0 Å². The van der Waals surface area contributed by atoms with Crippen LogP contribution in [0.25, 0.3) is 0 Å². The first kappa shape index (κ1) is 12.4. The predicted octanol–water partition coefficient (Wildman–Crippen LogP) is 2.56. The number of carboxylic acids is 1. The van der Waals surface area contributed by atoms with Gasteiger partial charge in [-0.1, -0.05) is 17.7 Å². The predicted molar refractivity (Wildman–Crippen MR) is 67.3 cm³/mol. The van der Waals surface area contributed by atoms with Crippen LogP contribution in [0.4, 0.5) is 0 Å². The van der Waals surface area contributed by atoms with E-state index in [1.165, 1.54) is 0 Å². The van der Waals surface area contributed by atoms with Gasteiger partial charge in [0.25, 0.3) is 0 Å². The Morgan fingerprint density at radius 3 is 2.76 bits per heavy atom. The number of fused-ring (bicyclic) bond motifs is 1. The molecule has 1 aromatic carbocycles. The Morgan fingerprint density at radius 1 is 1.47 bits per heavy atom. The molecular weight excluding hydrogens is 238 g/mol. The molecule has 0 amide bonds. The first-order chi connectivity index (χ1) is 7.99. The highest BCUT2D eigenvalue weighted by Crippen LogP contribution is 2.27. The van der Waals surface area contributed by atoms with Crippen molar-refractivity contribution >= 4 is 17.6 Å². The van der Waals surface area contributed by atoms with Crippen LogP contribution in [0.2, 0.25) is 5.02 Å². The number of hydrogen-bond acceptors (Lipinski definition) is 2. The van der Waals surface area contributed by atoms with E-state index in [0.29, 0.717) is 18.0 Å². The molecule has 17 heavy (non-hydrogen) atoms. The Hall–Kier alpha value is -1.06. The summed E-state index contributed by atoms with van der Waals surface area (Å²) in [6.45, 7) is 4.70. The molecule has 92 valence electrons. The van der Waals surface area contributed by atoms with Gasteiger partial charge in [0.05, 0.1) is 0 Å². The summed E-state index contributed by atoms with van der Waals surface area (Å²) in [6.07, 6.45) is 0.556. The molecule has 0 radical (unpaired) electrons. The highest BCUT2D eigenvalue weighted by atomic mass is 35.5. The van der Waals surface area contributed by atoms with Crippen molar-refractivity contribution in [3.05, 3.63) is 34.3 Å². The highest BCUT2D eigenvalue weighted by Gasteiger charge is 2.32. The average molecular weight is 254 g/mol. The van der Waals surface area contributed by atoms with Crippen molar-refractivity contribution < 1.29 is 9.90 Å². The molecule has 1 heterocycles. The monoisotopic (exact) mass is 253 g/mol. The number of aliphatic carboxylic acids is 1. The summed E-state index contributed by atoms with van der Waals surface area (Å²) < 4.78 is 0. The third-order valence-corrected chi connectivity index (χ3v) is 3.52. The second-order valence-electron chi connectivity index (χ2n) is 4.74. The average Bonchev–Trinajstić information content (AvgIpc) is 2.26.